The number of hydrogen-bond acceptors (Lipinski definition) is 2. The number of halogens is 3. The van der Waals surface area contributed by atoms with Gasteiger partial charge in [-0.15, -0.1) is 0 Å². The molecule has 0 amide bonds. The van der Waals surface area contributed by atoms with Crippen LogP contribution in [-0.4, -0.2) is 24.3 Å². The summed E-state index contributed by atoms with van der Waals surface area (Å²) in [6.45, 7) is 0. The molecule has 0 unspecified atom stereocenters. The third-order valence-electron chi connectivity index (χ3n) is 2.32. The standard InChI is InChI=1S/C11H10BrF2N3/c1-17(2)11-9(12)10(15-16-11)6-3-4-7(13)8(14)5-6/h3-5H,1-2H3,(H,15,16). The van der Waals surface area contributed by atoms with Gasteiger partial charge in [0, 0.05) is 19.7 Å². The lowest BCUT2D eigenvalue weighted by atomic mass is 10.1. The van der Waals surface area contributed by atoms with Crippen LogP contribution in [0.25, 0.3) is 11.3 Å². The Morgan fingerprint density at radius 1 is 1.24 bits per heavy atom. The fourth-order valence-corrected chi connectivity index (χ4v) is 2.22. The van der Waals surface area contributed by atoms with Crippen LogP contribution in [0.1, 0.15) is 0 Å². The molecule has 6 heteroatoms. The summed E-state index contributed by atoms with van der Waals surface area (Å²) in [6.07, 6.45) is 0. The number of aromatic amines is 1. The lowest BCUT2D eigenvalue weighted by Gasteiger charge is -2.08. The fraction of sp³-hybridized carbons (Fsp3) is 0.182. The Morgan fingerprint density at radius 3 is 2.47 bits per heavy atom. The van der Waals surface area contributed by atoms with Crippen LogP contribution >= 0.6 is 15.9 Å². The second-order valence-corrected chi connectivity index (χ2v) is 4.55. The minimum atomic E-state index is -0.879. The molecule has 1 aromatic carbocycles. The molecule has 90 valence electrons. The number of anilines is 1. The van der Waals surface area contributed by atoms with Gasteiger partial charge < -0.3 is 4.90 Å². The van der Waals surface area contributed by atoms with E-state index in [1.54, 1.807) is 0 Å². The summed E-state index contributed by atoms with van der Waals surface area (Å²) in [4.78, 5) is 1.81. The lowest BCUT2D eigenvalue weighted by molar-refractivity contribution is 0.509. The van der Waals surface area contributed by atoms with Gasteiger partial charge in [0.05, 0.1) is 10.2 Å². The molecule has 0 aliphatic heterocycles. The number of nitrogens with one attached hydrogen (secondary N) is 1. The van der Waals surface area contributed by atoms with Crippen LogP contribution in [0.2, 0.25) is 0 Å². The number of rotatable bonds is 2. The normalized spacial score (nSPS) is 10.6. The number of aromatic nitrogens is 2. The zero-order valence-corrected chi connectivity index (χ0v) is 10.8. The summed E-state index contributed by atoms with van der Waals surface area (Å²) in [5.74, 6) is -1.04. The maximum absolute atomic E-state index is 13.1. The molecular formula is C11H10BrF2N3. The first-order valence-corrected chi connectivity index (χ1v) is 5.66. The van der Waals surface area contributed by atoms with Crippen molar-refractivity contribution in [3.8, 4) is 11.3 Å². The van der Waals surface area contributed by atoms with E-state index in [4.69, 9.17) is 0 Å². The molecule has 3 nitrogen and oxygen atoms in total. The van der Waals surface area contributed by atoms with Crippen molar-refractivity contribution in [1.82, 2.24) is 10.2 Å². The molecule has 0 aliphatic rings. The van der Waals surface area contributed by atoms with Gasteiger partial charge >= 0.3 is 0 Å². The SMILES string of the molecule is CN(C)c1n[nH]c(-c2ccc(F)c(F)c2)c1Br. The second kappa shape index (κ2) is 4.44. The summed E-state index contributed by atoms with van der Waals surface area (Å²) in [5.41, 5.74) is 1.16. The number of hydrogen-bond donors (Lipinski definition) is 1. The maximum atomic E-state index is 13.1. The molecule has 0 bridgehead atoms. The number of nitrogens with zero attached hydrogens (tertiary/aromatic N) is 2. The average molecular weight is 302 g/mol. The Labute approximate surface area is 106 Å². The van der Waals surface area contributed by atoms with Crippen molar-refractivity contribution in [2.75, 3.05) is 19.0 Å². The van der Waals surface area contributed by atoms with Crippen molar-refractivity contribution in [2.45, 2.75) is 0 Å². The molecule has 0 atom stereocenters. The highest BCUT2D eigenvalue weighted by Crippen LogP contribution is 2.33. The minimum absolute atomic E-state index is 0.538. The third kappa shape index (κ3) is 2.17. The smallest absolute Gasteiger partial charge is 0.164 e. The van der Waals surface area contributed by atoms with E-state index in [0.29, 0.717) is 21.5 Å². The Balaban J connectivity index is 2.50. The molecule has 0 spiro atoms. The monoisotopic (exact) mass is 301 g/mol. The van der Waals surface area contributed by atoms with Crippen LogP contribution in [0.15, 0.2) is 22.7 Å². The highest BCUT2D eigenvalue weighted by atomic mass is 79.9. The lowest BCUT2D eigenvalue weighted by Crippen LogP contribution is -2.09. The molecule has 0 aliphatic carbocycles. The van der Waals surface area contributed by atoms with Crippen LogP contribution in [0, 0.1) is 11.6 Å². The summed E-state index contributed by atoms with van der Waals surface area (Å²) in [7, 11) is 3.69. The van der Waals surface area contributed by atoms with E-state index in [-0.39, 0.29) is 0 Å². The Morgan fingerprint density at radius 2 is 1.94 bits per heavy atom. The molecule has 0 saturated carbocycles. The number of H-pyrrole nitrogens is 1. The molecule has 0 fully saturated rings. The molecule has 0 saturated heterocycles. The van der Waals surface area contributed by atoms with Gasteiger partial charge in [-0.1, -0.05) is 0 Å². The van der Waals surface area contributed by atoms with Crippen LogP contribution < -0.4 is 4.90 Å². The fourth-order valence-electron chi connectivity index (χ4n) is 1.46. The Hall–Kier alpha value is -1.43. The average Bonchev–Trinajstić information content (AvgIpc) is 2.64. The van der Waals surface area contributed by atoms with Crippen LogP contribution in [0.3, 0.4) is 0 Å². The van der Waals surface area contributed by atoms with E-state index in [2.05, 4.69) is 26.1 Å². The van der Waals surface area contributed by atoms with Gasteiger partial charge in [0.15, 0.2) is 17.5 Å². The minimum Gasteiger partial charge on any atom is -0.360 e. The highest BCUT2D eigenvalue weighted by Gasteiger charge is 2.14. The Bertz CT molecular complexity index is 552. The first-order chi connectivity index (χ1) is 8.00. The van der Waals surface area contributed by atoms with Crippen molar-refractivity contribution in [2.24, 2.45) is 0 Å². The summed E-state index contributed by atoms with van der Waals surface area (Å²) in [6, 6.07) is 3.72. The van der Waals surface area contributed by atoms with E-state index >= 15 is 0 Å². The van der Waals surface area contributed by atoms with Gasteiger partial charge in [-0.3, -0.25) is 5.10 Å². The van der Waals surface area contributed by atoms with Crippen LogP contribution in [-0.2, 0) is 0 Å². The molecule has 1 N–H and O–H groups in total. The van der Waals surface area contributed by atoms with Crippen molar-refractivity contribution in [3.05, 3.63) is 34.3 Å². The predicted molar refractivity (Wildman–Crippen MR) is 66.0 cm³/mol. The van der Waals surface area contributed by atoms with Crippen molar-refractivity contribution >= 4 is 21.7 Å². The van der Waals surface area contributed by atoms with E-state index in [0.717, 1.165) is 12.1 Å². The molecule has 0 radical (unpaired) electrons. The Kier molecular flexibility index (Phi) is 3.15. The van der Waals surface area contributed by atoms with Crippen LogP contribution in [0.5, 0.6) is 0 Å². The first kappa shape index (κ1) is 12.0. The molecular weight excluding hydrogens is 292 g/mol. The van der Waals surface area contributed by atoms with E-state index in [1.165, 1.54) is 6.07 Å². The van der Waals surface area contributed by atoms with Gasteiger partial charge in [-0.25, -0.2) is 8.78 Å². The second-order valence-electron chi connectivity index (χ2n) is 3.76. The highest BCUT2D eigenvalue weighted by molar-refractivity contribution is 9.10. The largest absolute Gasteiger partial charge is 0.360 e. The molecule has 2 rings (SSSR count). The first-order valence-electron chi connectivity index (χ1n) is 4.87. The molecule has 2 aromatic rings. The summed E-state index contributed by atoms with van der Waals surface area (Å²) in [5, 5.41) is 6.87. The van der Waals surface area contributed by atoms with Gasteiger partial charge in [0.2, 0.25) is 0 Å². The van der Waals surface area contributed by atoms with E-state index < -0.39 is 11.6 Å². The molecule has 17 heavy (non-hydrogen) atoms. The van der Waals surface area contributed by atoms with Gasteiger partial charge in [0.1, 0.15) is 0 Å². The van der Waals surface area contributed by atoms with E-state index in [1.807, 2.05) is 19.0 Å². The number of benzene rings is 1. The topological polar surface area (TPSA) is 31.9 Å². The van der Waals surface area contributed by atoms with Crippen molar-refractivity contribution in [1.29, 1.82) is 0 Å². The third-order valence-corrected chi connectivity index (χ3v) is 3.07. The van der Waals surface area contributed by atoms with Gasteiger partial charge in [0.25, 0.3) is 0 Å². The van der Waals surface area contributed by atoms with Gasteiger partial charge in [-0.05, 0) is 34.1 Å². The summed E-state index contributed by atoms with van der Waals surface area (Å²) >= 11 is 3.38. The predicted octanol–water partition coefficient (Wildman–Crippen LogP) is 3.18. The quantitative estimate of drug-likeness (QED) is 0.924. The van der Waals surface area contributed by atoms with E-state index in [9.17, 15) is 8.78 Å². The van der Waals surface area contributed by atoms with Crippen molar-refractivity contribution < 1.29 is 8.78 Å². The van der Waals surface area contributed by atoms with Gasteiger partial charge in [-0.2, -0.15) is 5.10 Å². The van der Waals surface area contributed by atoms with Crippen molar-refractivity contribution in [3.63, 3.8) is 0 Å². The molecule has 1 aromatic heterocycles. The molecule has 1 heterocycles. The zero-order chi connectivity index (χ0) is 12.6. The maximum Gasteiger partial charge on any atom is 0.164 e. The zero-order valence-electron chi connectivity index (χ0n) is 9.26. The summed E-state index contributed by atoms with van der Waals surface area (Å²) < 4.78 is 26.7. The van der Waals surface area contributed by atoms with Crippen LogP contribution in [0.4, 0.5) is 14.6 Å².